The number of anilines is 1. The third kappa shape index (κ3) is 4.31. The highest BCUT2D eigenvalue weighted by atomic mass is 16.5. The Morgan fingerprint density at radius 3 is 2.52 bits per heavy atom. The van der Waals surface area contributed by atoms with Gasteiger partial charge in [-0.25, -0.2) is 14.3 Å². The van der Waals surface area contributed by atoms with Crippen LogP contribution in [0.2, 0.25) is 0 Å². The highest BCUT2D eigenvalue weighted by Gasteiger charge is 2.30. The summed E-state index contributed by atoms with van der Waals surface area (Å²) in [6.45, 7) is 0.590. The lowest BCUT2D eigenvalue weighted by atomic mass is 10.2. The van der Waals surface area contributed by atoms with E-state index in [0.717, 1.165) is 24.2 Å². The quantitative estimate of drug-likeness (QED) is 0.646. The number of hydrogen-bond acceptors (Lipinski definition) is 4. The number of nitrogens with zero attached hydrogens (tertiary/aromatic N) is 3. The molecule has 1 aliphatic rings. The normalized spacial score (nSPS) is 13.1. The van der Waals surface area contributed by atoms with Crippen molar-refractivity contribution in [1.29, 1.82) is 0 Å². The van der Waals surface area contributed by atoms with Gasteiger partial charge in [0.05, 0.1) is 13.7 Å². The average Bonchev–Trinajstić information content (AvgIpc) is 3.53. The van der Waals surface area contributed by atoms with Gasteiger partial charge in [-0.2, -0.15) is 0 Å². The van der Waals surface area contributed by atoms with Gasteiger partial charge < -0.3 is 15.4 Å². The Labute approximate surface area is 168 Å². The van der Waals surface area contributed by atoms with Crippen molar-refractivity contribution in [2.45, 2.75) is 25.4 Å². The van der Waals surface area contributed by atoms with Gasteiger partial charge in [-0.1, -0.05) is 30.3 Å². The zero-order valence-electron chi connectivity index (χ0n) is 16.2. The average molecular weight is 393 g/mol. The molecule has 1 aromatic heterocycles. The molecule has 1 fully saturated rings. The Hall–Kier alpha value is -3.55. The number of hydrogen-bond donors (Lipinski definition) is 2. The summed E-state index contributed by atoms with van der Waals surface area (Å²) in [7, 11) is 1.59. The molecule has 4 rings (SSSR count). The van der Waals surface area contributed by atoms with E-state index in [9.17, 15) is 9.59 Å². The zero-order chi connectivity index (χ0) is 20.2. The molecule has 0 saturated heterocycles. The van der Waals surface area contributed by atoms with Crippen molar-refractivity contribution in [3.05, 3.63) is 65.1 Å². The first-order valence-electron chi connectivity index (χ1n) is 9.59. The van der Waals surface area contributed by atoms with E-state index in [-0.39, 0.29) is 24.3 Å². The van der Waals surface area contributed by atoms with Gasteiger partial charge in [-0.05, 0) is 37.1 Å². The molecule has 0 bridgehead atoms. The van der Waals surface area contributed by atoms with Crippen molar-refractivity contribution in [1.82, 2.24) is 19.7 Å². The number of methoxy groups -OCH3 is 1. The summed E-state index contributed by atoms with van der Waals surface area (Å²) in [4.78, 5) is 24.9. The molecule has 0 aliphatic heterocycles. The maximum atomic E-state index is 12.8. The van der Waals surface area contributed by atoms with Crippen LogP contribution in [-0.2, 0) is 6.54 Å². The minimum Gasteiger partial charge on any atom is -0.497 e. The van der Waals surface area contributed by atoms with E-state index in [1.165, 1.54) is 4.68 Å². The number of benzene rings is 2. The smallest absolute Gasteiger partial charge is 0.346 e. The lowest BCUT2D eigenvalue weighted by molar-refractivity contribution is 0.251. The molecule has 8 nitrogen and oxygen atoms in total. The number of urea groups is 1. The van der Waals surface area contributed by atoms with Gasteiger partial charge in [0.2, 0.25) is 0 Å². The maximum Gasteiger partial charge on any atom is 0.346 e. The molecule has 2 aromatic carbocycles. The van der Waals surface area contributed by atoms with Crippen LogP contribution in [0.15, 0.2) is 59.4 Å². The lowest BCUT2D eigenvalue weighted by Gasteiger charge is -2.08. The Kier molecular flexibility index (Phi) is 5.33. The molecule has 1 aliphatic carbocycles. The monoisotopic (exact) mass is 393 g/mol. The SMILES string of the molecule is COc1ccc(NC(=O)NCCn2nc(-c3ccccc3)n(C3CC3)c2=O)cc1. The topological polar surface area (TPSA) is 90.2 Å². The van der Waals surface area contributed by atoms with Crippen molar-refractivity contribution in [2.24, 2.45) is 0 Å². The van der Waals surface area contributed by atoms with Gasteiger partial charge in [0, 0.05) is 23.8 Å². The van der Waals surface area contributed by atoms with Crippen molar-refractivity contribution < 1.29 is 9.53 Å². The van der Waals surface area contributed by atoms with Crippen LogP contribution < -0.4 is 21.1 Å². The fourth-order valence-corrected chi connectivity index (χ4v) is 3.14. The number of nitrogens with one attached hydrogen (secondary N) is 2. The number of carbonyl (C=O) groups excluding carboxylic acids is 1. The van der Waals surface area contributed by atoms with Crippen molar-refractivity contribution in [3.63, 3.8) is 0 Å². The number of carbonyl (C=O) groups is 1. The summed E-state index contributed by atoms with van der Waals surface area (Å²) in [6, 6.07) is 16.6. The van der Waals surface area contributed by atoms with E-state index < -0.39 is 0 Å². The first-order valence-corrected chi connectivity index (χ1v) is 9.59. The van der Waals surface area contributed by atoms with E-state index in [1.807, 2.05) is 30.3 Å². The van der Waals surface area contributed by atoms with Gasteiger partial charge in [-0.3, -0.25) is 4.57 Å². The van der Waals surface area contributed by atoms with Crippen molar-refractivity contribution >= 4 is 11.7 Å². The van der Waals surface area contributed by atoms with E-state index >= 15 is 0 Å². The third-order valence-corrected chi connectivity index (χ3v) is 4.77. The first-order chi connectivity index (χ1) is 14.2. The molecule has 1 heterocycles. The molecular formula is C21H23N5O3. The summed E-state index contributed by atoms with van der Waals surface area (Å²) in [5.41, 5.74) is 1.44. The van der Waals surface area contributed by atoms with E-state index in [0.29, 0.717) is 18.1 Å². The van der Waals surface area contributed by atoms with Crippen molar-refractivity contribution in [3.8, 4) is 17.1 Å². The van der Waals surface area contributed by atoms with Gasteiger partial charge in [0.1, 0.15) is 5.75 Å². The fourth-order valence-electron chi connectivity index (χ4n) is 3.14. The molecule has 150 valence electrons. The van der Waals surface area contributed by atoms with Crippen LogP contribution in [-0.4, -0.2) is 34.0 Å². The second-order valence-corrected chi connectivity index (χ2v) is 6.91. The Bertz CT molecular complexity index is 1040. The van der Waals surface area contributed by atoms with Crippen LogP contribution in [0.1, 0.15) is 18.9 Å². The second kappa shape index (κ2) is 8.22. The number of rotatable bonds is 7. The van der Waals surface area contributed by atoms with Crippen molar-refractivity contribution in [2.75, 3.05) is 19.0 Å². The first kappa shape index (κ1) is 18.8. The minimum atomic E-state index is -0.340. The molecule has 29 heavy (non-hydrogen) atoms. The molecule has 0 spiro atoms. The van der Waals surface area contributed by atoms with Crippen LogP contribution >= 0.6 is 0 Å². The molecule has 0 atom stereocenters. The summed E-state index contributed by atoms with van der Waals surface area (Å²) < 4.78 is 8.29. The molecule has 2 amide bonds. The maximum absolute atomic E-state index is 12.8. The van der Waals surface area contributed by atoms with Crippen LogP contribution in [0, 0.1) is 0 Å². The van der Waals surface area contributed by atoms with Gasteiger partial charge in [0.15, 0.2) is 5.82 Å². The molecule has 3 aromatic rings. The number of aromatic nitrogens is 3. The third-order valence-electron chi connectivity index (χ3n) is 4.77. The summed E-state index contributed by atoms with van der Waals surface area (Å²) in [5, 5.41) is 10.0. The zero-order valence-corrected chi connectivity index (χ0v) is 16.2. The molecule has 0 unspecified atom stereocenters. The van der Waals surface area contributed by atoms with Crippen LogP contribution in [0.25, 0.3) is 11.4 Å². The van der Waals surface area contributed by atoms with Gasteiger partial charge >= 0.3 is 11.7 Å². The molecule has 8 heteroatoms. The summed E-state index contributed by atoms with van der Waals surface area (Å²) in [5.74, 6) is 1.40. The van der Waals surface area contributed by atoms with Crippen LogP contribution in [0.4, 0.5) is 10.5 Å². The largest absolute Gasteiger partial charge is 0.497 e. The van der Waals surface area contributed by atoms with E-state index in [4.69, 9.17) is 4.74 Å². The molecule has 2 N–H and O–H groups in total. The van der Waals surface area contributed by atoms with Gasteiger partial charge in [-0.15, -0.1) is 5.10 Å². The Morgan fingerprint density at radius 1 is 1.14 bits per heavy atom. The summed E-state index contributed by atoms with van der Waals surface area (Å²) >= 11 is 0. The molecular weight excluding hydrogens is 370 g/mol. The Balaban J connectivity index is 1.39. The van der Waals surface area contributed by atoms with Crippen LogP contribution in [0.3, 0.4) is 0 Å². The lowest BCUT2D eigenvalue weighted by Crippen LogP contribution is -2.34. The molecule has 0 radical (unpaired) electrons. The van der Waals surface area contributed by atoms with E-state index in [2.05, 4.69) is 15.7 Å². The number of amides is 2. The van der Waals surface area contributed by atoms with E-state index in [1.54, 1.807) is 35.9 Å². The van der Waals surface area contributed by atoms with Gasteiger partial charge in [0.25, 0.3) is 0 Å². The predicted molar refractivity (Wildman–Crippen MR) is 110 cm³/mol. The highest BCUT2D eigenvalue weighted by molar-refractivity contribution is 5.89. The number of ether oxygens (including phenoxy) is 1. The fraction of sp³-hybridized carbons (Fsp3) is 0.286. The predicted octanol–water partition coefficient (Wildman–Crippen LogP) is 2.88. The minimum absolute atomic E-state index is 0.135. The standard InChI is InChI=1S/C21H23N5O3/c1-29-18-11-7-16(8-12-18)23-20(27)22-13-14-25-21(28)26(17-9-10-17)19(24-25)15-5-3-2-4-6-15/h2-8,11-12,17H,9-10,13-14H2,1H3,(H2,22,23,27). The summed E-state index contributed by atoms with van der Waals surface area (Å²) in [6.07, 6.45) is 1.99. The molecule has 1 saturated carbocycles. The Morgan fingerprint density at radius 2 is 1.86 bits per heavy atom. The highest BCUT2D eigenvalue weighted by Crippen LogP contribution is 2.36. The van der Waals surface area contributed by atoms with Crippen LogP contribution in [0.5, 0.6) is 5.75 Å². The second-order valence-electron chi connectivity index (χ2n) is 6.91.